The molecule has 0 fully saturated rings. The van der Waals surface area contributed by atoms with Gasteiger partial charge in [-0.25, -0.2) is 0 Å². The van der Waals surface area contributed by atoms with Crippen LogP contribution in [-0.4, -0.2) is 6.18 Å². The predicted octanol–water partition coefficient (Wildman–Crippen LogP) is 2.21. The molecule has 2 atom stereocenters. The molecule has 1 rings (SSSR count). The van der Waals surface area contributed by atoms with E-state index < -0.39 is 18.0 Å². The summed E-state index contributed by atoms with van der Waals surface area (Å²) < 4.78 is 36.9. The zero-order valence-corrected chi connectivity index (χ0v) is 6.60. The van der Waals surface area contributed by atoms with E-state index in [4.69, 9.17) is 5.73 Å². The molecule has 0 amide bonds. The van der Waals surface area contributed by atoms with Gasteiger partial charge in [-0.05, 0) is 12.0 Å². The van der Waals surface area contributed by atoms with Crippen LogP contribution in [0.5, 0.6) is 0 Å². The summed E-state index contributed by atoms with van der Waals surface area (Å²) >= 11 is 0. The third kappa shape index (κ3) is 1.62. The van der Waals surface area contributed by atoms with E-state index in [1.165, 1.54) is 19.1 Å². The largest absolute Gasteiger partial charge is 0.402 e. The van der Waals surface area contributed by atoms with E-state index in [2.05, 4.69) is 0 Å². The number of hydrogen-bond acceptors (Lipinski definition) is 1. The van der Waals surface area contributed by atoms with E-state index in [1.807, 2.05) is 0 Å². The Hall–Kier alpha value is -0.930. The van der Waals surface area contributed by atoms with Crippen LogP contribution in [0, 0.1) is 11.8 Å². The van der Waals surface area contributed by atoms with Gasteiger partial charge in [0, 0.05) is 5.70 Å². The average Bonchev–Trinajstić information content (AvgIpc) is 1.82. The second kappa shape index (κ2) is 2.84. The van der Waals surface area contributed by atoms with Crippen LogP contribution in [0.2, 0.25) is 0 Å². The second-order valence-electron chi connectivity index (χ2n) is 2.93. The van der Waals surface area contributed by atoms with Gasteiger partial charge in [-0.15, -0.1) is 0 Å². The average molecular weight is 177 g/mol. The molecule has 0 aromatic carbocycles. The summed E-state index contributed by atoms with van der Waals surface area (Å²) in [6.45, 7) is 1.51. The van der Waals surface area contributed by atoms with Gasteiger partial charge >= 0.3 is 6.18 Å². The van der Waals surface area contributed by atoms with Crippen molar-refractivity contribution in [3.63, 3.8) is 0 Å². The van der Waals surface area contributed by atoms with Crippen molar-refractivity contribution in [1.82, 2.24) is 0 Å². The van der Waals surface area contributed by atoms with Crippen LogP contribution in [0.3, 0.4) is 0 Å². The zero-order chi connectivity index (χ0) is 9.35. The van der Waals surface area contributed by atoms with Crippen molar-refractivity contribution in [1.29, 1.82) is 0 Å². The normalized spacial score (nSPS) is 30.2. The third-order valence-electron chi connectivity index (χ3n) is 1.94. The summed E-state index contributed by atoms with van der Waals surface area (Å²) in [5.74, 6) is -2.07. The Morgan fingerprint density at radius 2 is 2.00 bits per heavy atom. The number of allylic oxidation sites excluding steroid dienone is 4. The molecule has 0 radical (unpaired) electrons. The molecule has 2 N–H and O–H groups in total. The van der Waals surface area contributed by atoms with Crippen molar-refractivity contribution in [2.45, 2.75) is 13.1 Å². The van der Waals surface area contributed by atoms with Gasteiger partial charge < -0.3 is 5.73 Å². The summed E-state index contributed by atoms with van der Waals surface area (Å²) in [6.07, 6.45) is 0.139. The van der Waals surface area contributed by atoms with Crippen LogP contribution in [0.1, 0.15) is 6.92 Å². The van der Waals surface area contributed by atoms with E-state index in [9.17, 15) is 13.2 Å². The number of alkyl halides is 3. The Bertz CT molecular complexity index is 227. The van der Waals surface area contributed by atoms with E-state index in [-0.39, 0.29) is 5.70 Å². The molecule has 68 valence electrons. The quantitative estimate of drug-likeness (QED) is 0.603. The smallest absolute Gasteiger partial charge is 0.397 e. The summed E-state index contributed by atoms with van der Waals surface area (Å²) in [5, 5.41) is 0. The minimum atomic E-state index is -4.23. The minimum Gasteiger partial charge on any atom is -0.402 e. The highest BCUT2D eigenvalue weighted by atomic mass is 19.4. The SMILES string of the molecule is CC1C=CC=C(N)C1C(F)(F)F. The Labute approximate surface area is 68.7 Å². The topological polar surface area (TPSA) is 26.0 Å². The van der Waals surface area contributed by atoms with Gasteiger partial charge in [0.25, 0.3) is 0 Å². The number of rotatable bonds is 0. The molecule has 12 heavy (non-hydrogen) atoms. The maximum Gasteiger partial charge on any atom is 0.397 e. The first-order valence-electron chi connectivity index (χ1n) is 3.63. The molecule has 2 unspecified atom stereocenters. The summed E-state index contributed by atoms with van der Waals surface area (Å²) in [4.78, 5) is 0. The van der Waals surface area contributed by atoms with Gasteiger partial charge in [-0.2, -0.15) is 13.2 Å². The van der Waals surface area contributed by atoms with Crippen LogP contribution in [0.25, 0.3) is 0 Å². The fourth-order valence-electron chi connectivity index (χ4n) is 1.35. The van der Waals surface area contributed by atoms with Gasteiger partial charge in [-0.3, -0.25) is 0 Å². The number of hydrogen-bond donors (Lipinski definition) is 1. The first-order chi connectivity index (χ1) is 5.43. The van der Waals surface area contributed by atoms with Crippen molar-refractivity contribution in [2.24, 2.45) is 17.6 Å². The van der Waals surface area contributed by atoms with Crippen molar-refractivity contribution in [2.75, 3.05) is 0 Å². The van der Waals surface area contributed by atoms with Gasteiger partial charge in [0.05, 0.1) is 0 Å². The van der Waals surface area contributed by atoms with E-state index in [0.29, 0.717) is 0 Å². The van der Waals surface area contributed by atoms with E-state index in [1.54, 1.807) is 6.08 Å². The lowest BCUT2D eigenvalue weighted by Gasteiger charge is -2.26. The maximum atomic E-state index is 12.3. The molecule has 0 saturated carbocycles. The fourth-order valence-corrected chi connectivity index (χ4v) is 1.35. The Kier molecular flexibility index (Phi) is 2.17. The van der Waals surface area contributed by atoms with E-state index >= 15 is 0 Å². The molecule has 0 saturated heterocycles. The monoisotopic (exact) mass is 177 g/mol. The van der Waals surface area contributed by atoms with E-state index in [0.717, 1.165) is 0 Å². The zero-order valence-electron chi connectivity index (χ0n) is 6.60. The Morgan fingerprint density at radius 3 is 2.33 bits per heavy atom. The molecule has 4 heteroatoms. The number of nitrogens with two attached hydrogens (primary N) is 1. The van der Waals surface area contributed by atoms with Gasteiger partial charge in [-0.1, -0.05) is 19.1 Å². The van der Waals surface area contributed by atoms with Crippen molar-refractivity contribution < 1.29 is 13.2 Å². The first-order valence-corrected chi connectivity index (χ1v) is 3.63. The van der Waals surface area contributed by atoms with Gasteiger partial charge in [0.15, 0.2) is 0 Å². The van der Waals surface area contributed by atoms with Gasteiger partial charge in [0.2, 0.25) is 0 Å². The number of halogens is 3. The molecule has 1 aliphatic carbocycles. The first kappa shape index (κ1) is 9.16. The lowest BCUT2D eigenvalue weighted by Crippen LogP contribution is -2.34. The van der Waals surface area contributed by atoms with Crippen LogP contribution in [0.4, 0.5) is 13.2 Å². The standard InChI is InChI=1S/C8H10F3N/c1-5-3-2-4-6(12)7(5)8(9,10)11/h2-5,7H,12H2,1H3. The molecule has 1 nitrogen and oxygen atoms in total. The van der Waals surface area contributed by atoms with Crippen LogP contribution < -0.4 is 5.73 Å². The molecule has 0 aliphatic heterocycles. The van der Waals surface area contributed by atoms with Gasteiger partial charge in [0.1, 0.15) is 5.92 Å². The third-order valence-corrected chi connectivity index (χ3v) is 1.94. The molecule has 0 aromatic heterocycles. The molecular weight excluding hydrogens is 167 g/mol. The lowest BCUT2D eigenvalue weighted by atomic mass is 9.87. The highest BCUT2D eigenvalue weighted by Crippen LogP contribution is 2.37. The van der Waals surface area contributed by atoms with Crippen molar-refractivity contribution in [3.05, 3.63) is 23.9 Å². The molecular formula is C8H10F3N. The molecule has 0 aromatic rings. The summed E-state index contributed by atoms with van der Waals surface area (Å²) in [7, 11) is 0. The highest BCUT2D eigenvalue weighted by Gasteiger charge is 2.44. The fraction of sp³-hybridized carbons (Fsp3) is 0.500. The minimum absolute atomic E-state index is 0.0995. The summed E-state index contributed by atoms with van der Waals surface area (Å²) in [6, 6.07) is 0. The molecule has 1 aliphatic rings. The second-order valence-corrected chi connectivity index (χ2v) is 2.93. The van der Waals surface area contributed by atoms with Crippen LogP contribution in [0.15, 0.2) is 23.9 Å². The summed E-state index contributed by atoms with van der Waals surface area (Å²) in [5.41, 5.74) is 5.15. The maximum absolute atomic E-state index is 12.3. The molecule has 0 bridgehead atoms. The lowest BCUT2D eigenvalue weighted by molar-refractivity contribution is -0.172. The Morgan fingerprint density at radius 1 is 1.42 bits per heavy atom. The highest BCUT2D eigenvalue weighted by molar-refractivity contribution is 5.21. The predicted molar refractivity (Wildman–Crippen MR) is 40.1 cm³/mol. The Balaban J connectivity index is 2.90. The van der Waals surface area contributed by atoms with Crippen LogP contribution >= 0.6 is 0 Å². The molecule has 0 heterocycles. The molecule has 0 spiro atoms. The van der Waals surface area contributed by atoms with Crippen LogP contribution in [-0.2, 0) is 0 Å². The van der Waals surface area contributed by atoms with Crippen molar-refractivity contribution in [3.8, 4) is 0 Å². The van der Waals surface area contributed by atoms with Crippen molar-refractivity contribution >= 4 is 0 Å².